The second kappa shape index (κ2) is 5.83. The minimum absolute atomic E-state index is 0.580. The summed E-state index contributed by atoms with van der Waals surface area (Å²) < 4.78 is 2.03. The summed E-state index contributed by atoms with van der Waals surface area (Å²) in [6, 6.07) is 0. The molecule has 1 heterocycles. The van der Waals surface area contributed by atoms with Crippen LogP contribution in [0.5, 0.6) is 0 Å². The van der Waals surface area contributed by atoms with E-state index >= 15 is 0 Å². The summed E-state index contributed by atoms with van der Waals surface area (Å²) in [6.45, 7) is 1.76. The van der Waals surface area contributed by atoms with Gasteiger partial charge in [0.15, 0.2) is 0 Å². The third-order valence-corrected chi connectivity index (χ3v) is 2.18. The molecular weight excluding hydrogens is 198 g/mol. The van der Waals surface area contributed by atoms with E-state index in [-0.39, 0.29) is 0 Å². The summed E-state index contributed by atoms with van der Waals surface area (Å²) in [5.41, 5.74) is 0. The number of nitrogens with zero attached hydrogens (tertiary/aromatic N) is 3. The lowest BCUT2D eigenvalue weighted by molar-refractivity contribution is 0.348. The number of hydrogen-bond donors (Lipinski definition) is 0. The molecule has 0 aromatic carbocycles. The molecule has 1 rings (SSSR count). The molecule has 0 bridgehead atoms. The number of alkyl halides is 1. The Morgan fingerprint density at radius 1 is 1.57 bits per heavy atom. The topological polar surface area (TPSA) is 21.1 Å². The molecular formula is C10H16ClN3. The first-order valence-electron chi connectivity index (χ1n) is 4.59. The van der Waals surface area contributed by atoms with Gasteiger partial charge in [0.2, 0.25) is 0 Å². The molecule has 1 aromatic heterocycles. The van der Waals surface area contributed by atoms with Crippen LogP contribution < -0.4 is 0 Å². The van der Waals surface area contributed by atoms with Gasteiger partial charge >= 0.3 is 0 Å². The summed E-state index contributed by atoms with van der Waals surface area (Å²) in [5, 5.41) is 0. The van der Waals surface area contributed by atoms with Gasteiger partial charge in [0.25, 0.3) is 0 Å². The van der Waals surface area contributed by atoms with E-state index in [0.717, 1.165) is 18.9 Å². The zero-order chi connectivity index (χ0) is 10.4. The van der Waals surface area contributed by atoms with Crippen molar-refractivity contribution in [2.45, 2.75) is 6.54 Å². The Kier molecular flexibility index (Phi) is 4.70. The number of aromatic nitrogens is 2. The van der Waals surface area contributed by atoms with Gasteiger partial charge in [0.05, 0.1) is 6.54 Å². The highest BCUT2D eigenvalue weighted by Crippen LogP contribution is 1.98. The molecule has 0 unspecified atom stereocenters. The molecule has 78 valence electrons. The highest BCUT2D eigenvalue weighted by Gasteiger charge is 2.01. The van der Waals surface area contributed by atoms with Gasteiger partial charge < -0.3 is 4.57 Å². The molecule has 0 saturated heterocycles. The lowest BCUT2D eigenvalue weighted by Crippen LogP contribution is -2.19. The zero-order valence-electron chi connectivity index (χ0n) is 8.65. The molecule has 0 saturated carbocycles. The van der Waals surface area contributed by atoms with E-state index < -0.39 is 0 Å². The van der Waals surface area contributed by atoms with Crippen molar-refractivity contribution < 1.29 is 0 Å². The van der Waals surface area contributed by atoms with E-state index in [9.17, 15) is 0 Å². The quantitative estimate of drug-likeness (QED) is 0.548. The SMILES string of the molecule is CN(CC=CCCl)Cc1nccn1C. The summed E-state index contributed by atoms with van der Waals surface area (Å²) in [4.78, 5) is 6.44. The van der Waals surface area contributed by atoms with E-state index in [4.69, 9.17) is 11.6 Å². The van der Waals surface area contributed by atoms with Crippen LogP contribution in [0.15, 0.2) is 24.5 Å². The predicted molar refractivity (Wildman–Crippen MR) is 59.4 cm³/mol. The van der Waals surface area contributed by atoms with Gasteiger partial charge in [-0.1, -0.05) is 12.2 Å². The Hall–Kier alpha value is -0.800. The molecule has 3 nitrogen and oxygen atoms in total. The van der Waals surface area contributed by atoms with Gasteiger partial charge in [-0.25, -0.2) is 4.98 Å². The fraction of sp³-hybridized carbons (Fsp3) is 0.500. The Balaban J connectivity index is 2.37. The van der Waals surface area contributed by atoms with Crippen LogP contribution in [0.4, 0.5) is 0 Å². The summed E-state index contributed by atoms with van der Waals surface area (Å²) in [7, 11) is 4.07. The Morgan fingerprint density at radius 3 is 2.93 bits per heavy atom. The number of likely N-dealkylation sites (N-methyl/N-ethyl adjacent to an activating group) is 1. The van der Waals surface area contributed by atoms with Crippen molar-refractivity contribution in [3.8, 4) is 0 Å². The molecule has 0 aliphatic rings. The Bertz CT molecular complexity index is 293. The molecule has 0 fully saturated rings. The Labute approximate surface area is 90.0 Å². The normalized spacial score (nSPS) is 11.7. The van der Waals surface area contributed by atoms with Gasteiger partial charge in [0, 0.05) is 31.9 Å². The second-order valence-corrected chi connectivity index (χ2v) is 3.59. The Morgan fingerprint density at radius 2 is 2.36 bits per heavy atom. The fourth-order valence-electron chi connectivity index (χ4n) is 1.17. The second-order valence-electron chi connectivity index (χ2n) is 3.28. The van der Waals surface area contributed by atoms with Crippen molar-refractivity contribution in [2.75, 3.05) is 19.5 Å². The lowest BCUT2D eigenvalue weighted by atomic mass is 10.4. The highest BCUT2D eigenvalue weighted by atomic mass is 35.5. The van der Waals surface area contributed by atoms with Gasteiger partial charge in [-0.05, 0) is 7.05 Å². The third-order valence-electron chi connectivity index (χ3n) is 2.01. The van der Waals surface area contributed by atoms with Gasteiger partial charge in [-0.2, -0.15) is 0 Å². The van der Waals surface area contributed by atoms with Gasteiger partial charge in [-0.15, -0.1) is 11.6 Å². The van der Waals surface area contributed by atoms with E-state index in [0.29, 0.717) is 5.88 Å². The molecule has 14 heavy (non-hydrogen) atoms. The maximum Gasteiger partial charge on any atom is 0.122 e. The van der Waals surface area contributed by atoms with Crippen molar-refractivity contribution >= 4 is 11.6 Å². The molecule has 0 aliphatic carbocycles. The molecule has 1 aromatic rings. The minimum atomic E-state index is 0.580. The molecule has 4 heteroatoms. The number of imidazole rings is 1. The number of hydrogen-bond acceptors (Lipinski definition) is 2. The average Bonchev–Trinajstić information content (AvgIpc) is 2.52. The molecule has 0 spiro atoms. The van der Waals surface area contributed by atoms with E-state index in [1.165, 1.54) is 0 Å². The highest BCUT2D eigenvalue weighted by molar-refractivity contribution is 6.18. The van der Waals surface area contributed by atoms with Crippen LogP contribution in [0.3, 0.4) is 0 Å². The van der Waals surface area contributed by atoms with Gasteiger partial charge in [0.1, 0.15) is 5.82 Å². The summed E-state index contributed by atoms with van der Waals surface area (Å²) in [6.07, 6.45) is 7.79. The summed E-state index contributed by atoms with van der Waals surface area (Å²) in [5.74, 6) is 1.66. The van der Waals surface area contributed by atoms with Crippen LogP contribution in [0, 0.1) is 0 Å². The number of allylic oxidation sites excluding steroid dienone is 1. The van der Waals surface area contributed by atoms with Crippen LogP contribution in [-0.2, 0) is 13.6 Å². The van der Waals surface area contributed by atoms with Crippen molar-refractivity contribution in [3.05, 3.63) is 30.4 Å². The fourth-order valence-corrected chi connectivity index (χ4v) is 1.30. The average molecular weight is 214 g/mol. The van der Waals surface area contributed by atoms with Crippen molar-refractivity contribution in [1.29, 1.82) is 0 Å². The van der Waals surface area contributed by atoms with E-state index in [2.05, 4.69) is 23.0 Å². The smallest absolute Gasteiger partial charge is 0.122 e. The molecule has 0 atom stereocenters. The van der Waals surface area contributed by atoms with Crippen LogP contribution in [0.2, 0.25) is 0 Å². The number of rotatable bonds is 5. The predicted octanol–water partition coefficient (Wildman–Crippen LogP) is 1.65. The molecule has 0 aliphatic heterocycles. The van der Waals surface area contributed by atoms with Gasteiger partial charge in [-0.3, -0.25) is 4.90 Å². The van der Waals surface area contributed by atoms with Crippen molar-refractivity contribution in [2.24, 2.45) is 7.05 Å². The molecule has 0 amide bonds. The van der Waals surface area contributed by atoms with Crippen LogP contribution in [0.1, 0.15) is 5.82 Å². The van der Waals surface area contributed by atoms with Crippen molar-refractivity contribution in [1.82, 2.24) is 14.5 Å². The molecule has 0 radical (unpaired) electrons. The summed E-state index contributed by atoms with van der Waals surface area (Å²) >= 11 is 5.53. The number of halogens is 1. The largest absolute Gasteiger partial charge is 0.337 e. The number of aryl methyl sites for hydroxylation is 1. The van der Waals surface area contributed by atoms with Crippen LogP contribution in [-0.4, -0.2) is 33.9 Å². The van der Waals surface area contributed by atoms with Crippen LogP contribution >= 0.6 is 11.6 Å². The van der Waals surface area contributed by atoms with E-state index in [1.54, 1.807) is 0 Å². The van der Waals surface area contributed by atoms with Crippen molar-refractivity contribution in [3.63, 3.8) is 0 Å². The maximum atomic E-state index is 5.53. The maximum absolute atomic E-state index is 5.53. The standard InChI is InChI=1S/C10H16ClN3/c1-13(7-4-3-5-11)9-10-12-6-8-14(10)2/h3-4,6,8H,5,7,9H2,1-2H3. The lowest BCUT2D eigenvalue weighted by Gasteiger charge is -2.13. The first kappa shape index (κ1) is 11.3. The van der Waals surface area contributed by atoms with Crippen LogP contribution in [0.25, 0.3) is 0 Å². The first-order valence-corrected chi connectivity index (χ1v) is 5.13. The van der Waals surface area contributed by atoms with E-state index in [1.807, 2.05) is 30.1 Å². The zero-order valence-corrected chi connectivity index (χ0v) is 9.41. The third kappa shape index (κ3) is 3.52. The molecule has 0 N–H and O–H groups in total. The first-order chi connectivity index (χ1) is 6.74. The minimum Gasteiger partial charge on any atom is -0.337 e. The monoisotopic (exact) mass is 213 g/mol.